The second-order valence-electron chi connectivity index (χ2n) is 4.84. The highest BCUT2D eigenvalue weighted by molar-refractivity contribution is 5.91. The summed E-state index contributed by atoms with van der Waals surface area (Å²) in [6.07, 6.45) is 0. The van der Waals surface area contributed by atoms with Crippen LogP contribution in [0.5, 0.6) is 0 Å². The van der Waals surface area contributed by atoms with Crippen LogP contribution in [0.15, 0.2) is 0 Å². The lowest BCUT2D eigenvalue weighted by Crippen LogP contribution is -2.53. The van der Waals surface area contributed by atoms with Crippen molar-refractivity contribution in [3.8, 4) is 0 Å². The summed E-state index contributed by atoms with van der Waals surface area (Å²) >= 11 is 0. The molecule has 0 saturated carbocycles. The quantitative estimate of drug-likeness (QED) is 0.343. The molecule has 0 aromatic heterocycles. The Morgan fingerprint density at radius 3 is 2.05 bits per heavy atom. The van der Waals surface area contributed by atoms with Gasteiger partial charge >= 0.3 is 5.97 Å². The Hall–Kier alpha value is -2.16. The van der Waals surface area contributed by atoms with Gasteiger partial charge in [0.15, 0.2) is 0 Å². The molecule has 0 radical (unpaired) electrons. The van der Waals surface area contributed by atoms with Crippen LogP contribution in [0.3, 0.4) is 0 Å². The van der Waals surface area contributed by atoms with Crippen molar-refractivity contribution in [1.29, 1.82) is 0 Å². The average Bonchev–Trinajstić information content (AvgIpc) is 2.40. The second-order valence-corrected chi connectivity index (χ2v) is 4.84. The van der Waals surface area contributed by atoms with E-state index in [1.807, 2.05) is 0 Å². The number of aliphatic carboxylic acids is 1. The first kappa shape index (κ1) is 18.8. The minimum Gasteiger partial charge on any atom is -0.480 e. The highest BCUT2D eigenvalue weighted by Gasteiger charge is 2.26. The van der Waals surface area contributed by atoms with Gasteiger partial charge in [-0.05, 0) is 12.8 Å². The van der Waals surface area contributed by atoms with Gasteiger partial charge in [-0.15, -0.1) is 0 Å². The maximum Gasteiger partial charge on any atom is 0.326 e. The van der Waals surface area contributed by atoms with Gasteiger partial charge in [0.25, 0.3) is 0 Å². The summed E-state index contributed by atoms with van der Waals surface area (Å²) in [7, 11) is 0. The average molecular weight is 302 g/mol. The number of hydrogen-bond acceptors (Lipinski definition) is 5. The molecule has 0 saturated heterocycles. The summed E-state index contributed by atoms with van der Waals surface area (Å²) in [5.74, 6) is -3.12. The Labute approximate surface area is 122 Å². The van der Waals surface area contributed by atoms with Gasteiger partial charge in [0.05, 0.1) is 13.1 Å². The van der Waals surface area contributed by atoms with E-state index in [0.29, 0.717) is 0 Å². The molecule has 120 valence electrons. The minimum absolute atomic E-state index is 0.238. The predicted octanol–water partition coefficient (Wildman–Crippen LogP) is -2.21. The number of rotatable bonds is 8. The molecule has 0 bridgehead atoms. The normalized spacial score (nSPS) is 13.2. The van der Waals surface area contributed by atoms with Crippen LogP contribution in [0.2, 0.25) is 0 Å². The molecule has 6 N–H and O–H groups in total. The number of hydrogen-bond donors (Lipinski definition) is 5. The van der Waals surface area contributed by atoms with Crippen LogP contribution in [0.1, 0.15) is 20.8 Å². The van der Waals surface area contributed by atoms with Gasteiger partial charge in [0.1, 0.15) is 12.1 Å². The van der Waals surface area contributed by atoms with Crippen molar-refractivity contribution in [3.63, 3.8) is 0 Å². The smallest absolute Gasteiger partial charge is 0.326 e. The van der Waals surface area contributed by atoms with Crippen LogP contribution in [0.4, 0.5) is 0 Å². The molecule has 0 aliphatic heterocycles. The Bertz CT molecular complexity index is 410. The van der Waals surface area contributed by atoms with Gasteiger partial charge in [-0.3, -0.25) is 14.4 Å². The van der Waals surface area contributed by atoms with Crippen molar-refractivity contribution in [1.82, 2.24) is 16.0 Å². The minimum atomic E-state index is -1.15. The molecule has 0 rings (SSSR count). The van der Waals surface area contributed by atoms with Crippen molar-refractivity contribution >= 4 is 23.7 Å². The maximum absolute atomic E-state index is 11.8. The monoisotopic (exact) mass is 302 g/mol. The molecule has 3 amide bonds. The molecule has 0 aliphatic carbocycles. The van der Waals surface area contributed by atoms with Crippen LogP contribution in [-0.4, -0.2) is 54.0 Å². The van der Waals surface area contributed by atoms with E-state index in [1.165, 1.54) is 6.92 Å². The Kier molecular flexibility index (Phi) is 7.99. The molecule has 9 nitrogen and oxygen atoms in total. The van der Waals surface area contributed by atoms with E-state index in [2.05, 4.69) is 16.0 Å². The van der Waals surface area contributed by atoms with Crippen LogP contribution in [0.25, 0.3) is 0 Å². The lowest BCUT2D eigenvalue weighted by Gasteiger charge is -2.21. The fourth-order valence-electron chi connectivity index (χ4n) is 1.40. The Morgan fingerprint density at radius 1 is 1.05 bits per heavy atom. The van der Waals surface area contributed by atoms with Gasteiger partial charge in [-0.1, -0.05) is 13.8 Å². The van der Waals surface area contributed by atoms with E-state index >= 15 is 0 Å². The third-order valence-electron chi connectivity index (χ3n) is 2.63. The van der Waals surface area contributed by atoms with Crippen molar-refractivity contribution in [2.45, 2.75) is 32.9 Å². The summed E-state index contributed by atoms with van der Waals surface area (Å²) in [5.41, 5.74) is 5.06. The van der Waals surface area contributed by atoms with E-state index in [0.717, 1.165) is 0 Å². The van der Waals surface area contributed by atoms with Gasteiger partial charge in [-0.2, -0.15) is 0 Å². The molecular weight excluding hydrogens is 280 g/mol. The lowest BCUT2D eigenvalue weighted by molar-refractivity contribution is -0.143. The SMILES string of the molecule is CC(NC(=O)CNC(=O)CN)C(=O)NC(C(=O)O)C(C)C. The van der Waals surface area contributed by atoms with Gasteiger partial charge in [0.2, 0.25) is 17.7 Å². The molecule has 0 aromatic carbocycles. The molecular formula is C12H22N4O5. The van der Waals surface area contributed by atoms with Crippen LogP contribution in [0, 0.1) is 5.92 Å². The van der Waals surface area contributed by atoms with Crippen molar-refractivity contribution in [2.75, 3.05) is 13.1 Å². The fourth-order valence-corrected chi connectivity index (χ4v) is 1.40. The van der Waals surface area contributed by atoms with Crippen LogP contribution in [-0.2, 0) is 19.2 Å². The molecule has 2 unspecified atom stereocenters. The number of carbonyl (C=O) groups is 4. The molecule has 0 aliphatic rings. The van der Waals surface area contributed by atoms with E-state index in [-0.39, 0.29) is 19.0 Å². The maximum atomic E-state index is 11.8. The molecule has 2 atom stereocenters. The zero-order valence-corrected chi connectivity index (χ0v) is 12.3. The van der Waals surface area contributed by atoms with Crippen molar-refractivity contribution < 1.29 is 24.3 Å². The summed E-state index contributed by atoms with van der Waals surface area (Å²) in [5, 5.41) is 15.9. The molecule has 0 aromatic rings. The molecule has 0 fully saturated rings. The topological polar surface area (TPSA) is 151 Å². The predicted molar refractivity (Wildman–Crippen MR) is 74.1 cm³/mol. The number of amides is 3. The van der Waals surface area contributed by atoms with E-state index in [1.54, 1.807) is 13.8 Å². The molecule has 21 heavy (non-hydrogen) atoms. The number of carboxylic acid groups (broad SMARTS) is 1. The van der Waals surface area contributed by atoms with Gasteiger partial charge in [0, 0.05) is 0 Å². The summed E-state index contributed by atoms with van der Waals surface area (Å²) in [6, 6.07) is -1.96. The third-order valence-corrected chi connectivity index (χ3v) is 2.63. The Morgan fingerprint density at radius 2 is 1.62 bits per heavy atom. The molecule has 0 spiro atoms. The van der Waals surface area contributed by atoms with Crippen molar-refractivity contribution in [3.05, 3.63) is 0 Å². The first-order chi connectivity index (χ1) is 9.68. The van der Waals surface area contributed by atoms with Crippen LogP contribution >= 0.6 is 0 Å². The van der Waals surface area contributed by atoms with Crippen molar-refractivity contribution in [2.24, 2.45) is 11.7 Å². The highest BCUT2D eigenvalue weighted by Crippen LogP contribution is 2.02. The number of nitrogens with one attached hydrogen (secondary N) is 3. The van der Waals surface area contributed by atoms with E-state index in [9.17, 15) is 19.2 Å². The first-order valence-corrected chi connectivity index (χ1v) is 6.48. The standard InChI is InChI=1S/C12H22N4O5/c1-6(2)10(12(20)21)16-11(19)7(3)15-9(18)5-14-8(17)4-13/h6-7,10H,4-5,13H2,1-3H3,(H,14,17)(H,15,18)(H,16,19)(H,20,21). The Balaban J connectivity index is 4.35. The lowest BCUT2D eigenvalue weighted by atomic mass is 10.0. The second kappa shape index (κ2) is 8.90. The number of carbonyl (C=O) groups excluding carboxylic acids is 3. The largest absolute Gasteiger partial charge is 0.480 e. The zero-order valence-electron chi connectivity index (χ0n) is 12.3. The highest BCUT2D eigenvalue weighted by atomic mass is 16.4. The van der Waals surface area contributed by atoms with Gasteiger partial charge < -0.3 is 26.8 Å². The summed E-state index contributed by atoms with van der Waals surface area (Å²) in [4.78, 5) is 45.1. The van der Waals surface area contributed by atoms with E-state index < -0.39 is 35.8 Å². The zero-order chi connectivity index (χ0) is 16.6. The number of carboxylic acids is 1. The van der Waals surface area contributed by atoms with E-state index in [4.69, 9.17) is 10.8 Å². The summed E-state index contributed by atoms with van der Waals surface area (Å²) in [6.45, 7) is 4.19. The molecule has 9 heteroatoms. The van der Waals surface area contributed by atoms with Gasteiger partial charge in [-0.25, -0.2) is 4.79 Å². The third kappa shape index (κ3) is 7.25. The van der Waals surface area contributed by atoms with Crippen LogP contribution < -0.4 is 21.7 Å². The molecule has 0 heterocycles. The number of nitrogens with two attached hydrogens (primary N) is 1. The first-order valence-electron chi connectivity index (χ1n) is 6.48. The fraction of sp³-hybridized carbons (Fsp3) is 0.667. The summed E-state index contributed by atoms with van der Waals surface area (Å²) < 4.78 is 0.